The number of carbonyl (C=O) groups excluding carboxylic acids is 1. The zero-order valence-corrected chi connectivity index (χ0v) is 20.9. The highest BCUT2D eigenvalue weighted by molar-refractivity contribution is 7.92. The number of nitrogens with one attached hydrogen (secondary N) is 1. The highest BCUT2D eigenvalue weighted by Gasteiger charge is 2.57. The number of amides is 1. The van der Waals surface area contributed by atoms with Gasteiger partial charge in [0.2, 0.25) is 0 Å². The predicted molar refractivity (Wildman–Crippen MR) is 128 cm³/mol. The number of sulfone groups is 1. The minimum atomic E-state index is -4.00. The third-order valence-electron chi connectivity index (χ3n) is 7.16. The van der Waals surface area contributed by atoms with Gasteiger partial charge in [0.1, 0.15) is 10.6 Å². The van der Waals surface area contributed by atoms with Crippen molar-refractivity contribution in [3.63, 3.8) is 0 Å². The van der Waals surface area contributed by atoms with Crippen molar-refractivity contribution >= 4 is 44.4 Å². The van der Waals surface area contributed by atoms with Gasteiger partial charge in [0.25, 0.3) is 5.91 Å². The smallest absolute Gasteiger partial charge is 0.255 e. The molecule has 3 aromatic rings. The summed E-state index contributed by atoms with van der Waals surface area (Å²) in [7, 11) is -4.00. The van der Waals surface area contributed by atoms with Crippen LogP contribution in [0, 0.1) is 29.3 Å². The zero-order chi connectivity index (χ0) is 25.8. The molecule has 190 valence electrons. The summed E-state index contributed by atoms with van der Waals surface area (Å²) in [6.07, 6.45) is 3.40. The molecule has 36 heavy (non-hydrogen) atoms. The molecule has 2 fully saturated rings. The number of nitrogens with zero attached hydrogens (tertiary/aromatic N) is 1. The van der Waals surface area contributed by atoms with Crippen LogP contribution in [0.3, 0.4) is 0 Å². The maximum Gasteiger partial charge on any atom is 0.255 e. The first kappa shape index (κ1) is 25.2. The summed E-state index contributed by atoms with van der Waals surface area (Å²) in [5.74, 6) is -6.04. The van der Waals surface area contributed by atoms with E-state index in [1.54, 1.807) is 11.6 Å². The van der Waals surface area contributed by atoms with Gasteiger partial charge in [0.05, 0.1) is 15.2 Å². The van der Waals surface area contributed by atoms with Crippen LogP contribution in [0.2, 0.25) is 5.02 Å². The number of rotatable bonds is 5. The van der Waals surface area contributed by atoms with Crippen molar-refractivity contribution in [2.45, 2.75) is 41.4 Å². The van der Waals surface area contributed by atoms with E-state index in [-0.39, 0.29) is 45.8 Å². The second-order valence-corrected chi connectivity index (χ2v) is 12.6. The molecular weight excluding hydrogens is 537 g/mol. The molecule has 1 aromatic heterocycles. The van der Waals surface area contributed by atoms with E-state index in [2.05, 4.69) is 10.3 Å². The summed E-state index contributed by atoms with van der Waals surface area (Å²) in [5, 5.41) is 15.2. The molecule has 0 spiro atoms. The maximum atomic E-state index is 13.6. The number of hydrogen-bond acceptors (Lipinski definition) is 6. The molecule has 1 heterocycles. The van der Waals surface area contributed by atoms with E-state index in [0.717, 1.165) is 6.07 Å². The summed E-state index contributed by atoms with van der Waals surface area (Å²) in [6, 6.07) is 4.89. The Bertz CT molecular complexity index is 1410. The van der Waals surface area contributed by atoms with Gasteiger partial charge in [-0.2, -0.15) is 0 Å². The Labute approximate surface area is 214 Å². The lowest BCUT2D eigenvalue weighted by Crippen LogP contribution is -2.45. The molecule has 2 saturated carbocycles. The first-order valence-electron chi connectivity index (χ1n) is 11.1. The minimum absolute atomic E-state index is 0.0708. The van der Waals surface area contributed by atoms with Gasteiger partial charge in [-0.15, -0.1) is 11.3 Å². The van der Waals surface area contributed by atoms with Crippen molar-refractivity contribution in [3.8, 4) is 0 Å². The van der Waals surface area contributed by atoms with E-state index >= 15 is 0 Å². The number of fused-ring (bicyclic) bond motifs is 2. The van der Waals surface area contributed by atoms with Gasteiger partial charge in [-0.1, -0.05) is 11.6 Å². The topological polar surface area (TPSA) is 96.4 Å². The van der Waals surface area contributed by atoms with Crippen LogP contribution >= 0.6 is 22.9 Å². The van der Waals surface area contributed by atoms with E-state index in [1.165, 1.54) is 23.5 Å². The monoisotopic (exact) mass is 556 g/mol. The Morgan fingerprint density at radius 1 is 1.11 bits per heavy atom. The van der Waals surface area contributed by atoms with Crippen molar-refractivity contribution in [3.05, 3.63) is 75.0 Å². The number of anilines is 1. The fraction of sp³-hybridized carbons (Fsp3) is 0.333. The molecule has 2 unspecified atom stereocenters. The molecular formula is C24H20ClF3N2O4S2. The maximum absolute atomic E-state index is 13.6. The van der Waals surface area contributed by atoms with Gasteiger partial charge in [0.15, 0.2) is 27.3 Å². The summed E-state index contributed by atoms with van der Waals surface area (Å²) in [6.45, 7) is 0. The Morgan fingerprint density at radius 2 is 1.75 bits per heavy atom. The molecule has 2 aliphatic rings. The van der Waals surface area contributed by atoms with Crippen LogP contribution < -0.4 is 5.32 Å². The first-order valence-corrected chi connectivity index (χ1v) is 13.9. The summed E-state index contributed by atoms with van der Waals surface area (Å²) in [4.78, 5) is 16.7. The predicted octanol–water partition coefficient (Wildman–Crippen LogP) is 5.32. The molecule has 2 N–H and O–H groups in total. The standard InChI is InChI=1S/C24H20ClF3N2O4S2/c25-17-4-1-12(22(31)30-15-10-18(26)21(28)19(27)11-15)7-20(17)36(33,34)16-8-13-2-3-14(9-16)24(13,32)23-29-5-6-35-23/h1,4-7,10-11,13-14,16,32H,2-3,8-9H2,(H,30,31)/t13?,14?,16-,24+. The average Bonchev–Trinajstić information content (AvgIpc) is 3.40. The van der Waals surface area contributed by atoms with Gasteiger partial charge < -0.3 is 10.4 Å². The Morgan fingerprint density at radius 3 is 2.33 bits per heavy atom. The molecule has 2 atom stereocenters. The molecule has 2 aliphatic carbocycles. The molecule has 2 aromatic carbocycles. The molecule has 0 radical (unpaired) electrons. The normalized spacial score (nSPS) is 25.6. The quantitative estimate of drug-likeness (QED) is 0.415. The fourth-order valence-corrected chi connectivity index (χ4v) is 8.69. The van der Waals surface area contributed by atoms with Crippen LogP contribution in [0.5, 0.6) is 0 Å². The van der Waals surface area contributed by atoms with Crippen LogP contribution in [0.4, 0.5) is 18.9 Å². The van der Waals surface area contributed by atoms with Gasteiger partial charge >= 0.3 is 0 Å². The van der Waals surface area contributed by atoms with Gasteiger partial charge in [0, 0.05) is 35.0 Å². The lowest BCUT2D eigenvalue weighted by atomic mass is 9.74. The van der Waals surface area contributed by atoms with Crippen molar-refractivity contribution in [2.24, 2.45) is 11.8 Å². The van der Waals surface area contributed by atoms with E-state index in [9.17, 15) is 31.5 Å². The second kappa shape index (κ2) is 9.13. The number of aromatic nitrogens is 1. The molecule has 0 aliphatic heterocycles. The van der Waals surface area contributed by atoms with Crippen molar-refractivity contribution in [1.29, 1.82) is 0 Å². The fourth-order valence-electron chi connectivity index (χ4n) is 5.40. The van der Waals surface area contributed by atoms with Crippen LogP contribution in [-0.4, -0.2) is 29.7 Å². The summed E-state index contributed by atoms with van der Waals surface area (Å²) >= 11 is 7.59. The second-order valence-electron chi connectivity index (χ2n) is 9.13. The lowest BCUT2D eigenvalue weighted by molar-refractivity contribution is -0.0647. The number of halogens is 4. The number of hydrogen-bond donors (Lipinski definition) is 2. The van der Waals surface area contributed by atoms with Crippen LogP contribution in [0.15, 0.2) is 46.8 Å². The van der Waals surface area contributed by atoms with Gasteiger partial charge in [-0.3, -0.25) is 4.79 Å². The molecule has 5 rings (SSSR count). The molecule has 0 saturated heterocycles. The minimum Gasteiger partial charge on any atom is -0.382 e. The largest absolute Gasteiger partial charge is 0.382 e. The summed E-state index contributed by atoms with van der Waals surface area (Å²) < 4.78 is 67.5. The Kier molecular flexibility index (Phi) is 6.39. The number of aliphatic hydroxyl groups is 1. The van der Waals surface area contributed by atoms with Crippen molar-refractivity contribution < 1.29 is 31.5 Å². The number of thiazole rings is 1. The first-order chi connectivity index (χ1) is 17.0. The third-order valence-corrected chi connectivity index (χ3v) is 10.7. The van der Waals surface area contributed by atoms with E-state index in [4.69, 9.17) is 11.6 Å². The van der Waals surface area contributed by atoms with E-state index in [1.807, 2.05) is 0 Å². The van der Waals surface area contributed by atoms with Gasteiger partial charge in [-0.05, 0) is 55.7 Å². The van der Waals surface area contributed by atoms with Crippen molar-refractivity contribution in [2.75, 3.05) is 5.32 Å². The lowest BCUT2D eigenvalue weighted by Gasteiger charge is -2.41. The SMILES string of the molecule is O=C(Nc1cc(F)c(F)c(F)c1)c1ccc(Cl)c(S(=O)(=O)[C@H]2CC3CCC(C2)[C@@]3(O)c2nccs2)c1. The average molecular weight is 557 g/mol. The number of benzene rings is 2. The third kappa shape index (κ3) is 4.11. The molecule has 12 heteroatoms. The number of carbonyl (C=O) groups is 1. The Hall–Kier alpha value is -2.47. The molecule has 1 amide bonds. The zero-order valence-electron chi connectivity index (χ0n) is 18.5. The molecule has 2 bridgehead atoms. The van der Waals surface area contributed by atoms with Crippen molar-refractivity contribution in [1.82, 2.24) is 4.98 Å². The van der Waals surface area contributed by atoms with E-state index < -0.39 is 44.0 Å². The van der Waals surface area contributed by atoms with Crippen LogP contribution in [0.25, 0.3) is 0 Å². The highest BCUT2D eigenvalue weighted by Crippen LogP contribution is 2.57. The van der Waals surface area contributed by atoms with E-state index in [0.29, 0.717) is 30.0 Å². The van der Waals surface area contributed by atoms with Gasteiger partial charge in [-0.25, -0.2) is 26.6 Å². The van der Waals surface area contributed by atoms with Crippen LogP contribution in [-0.2, 0) is 15.4 Å². The molecule has 6 nitrogen and oxygen atoms in total. The Balaban J connectivity index is 1.41. The highest BCUT2D eigenvalue weighted by atomic mass is 35.5. The van der Waals surface area contributed by atoms with Crippen LogP contribution in [0.1, 0.15) is 41.0 Å². The summed E-state index contributed by atoms with van der Waals surface area (Å²) in [5.41, 5.74) is -1.60.